The number of hydrogen-bond donors (Lipinski definition) is 2. The van der Waals surface area contributed by atoms with Gasteiger partial charge in [0, 0.05) is 25.7 Å². The van der Waals surface area contributed by atoms with Crippen molar-refractivity contribution in [3.63, 3.8) is 0 Å². The Bertz CT molecular complexity index is 691. The summed E-state index contributed by atoms with van der Waals surface area (Å²) in [5, 5.41) is 7.35. The number of nitrogen functional groups attached to an aromatic ring is 1. The molecular formula is C12H13N5O2. The van der Waals surface area contributed by atoms with E-state index in [4.69, 9.17) is 5.73 Å². The number of hydrogen-bond acceptors (Lipinski definition) is 4. The SMILES string of the molecule is Cn1nc(N2CCC(=O)NC2=O)c2c(N)cccc21. The van der Waals surface area contributed by atoms with E-state index in [1.807, 2.05) is 12.1 Å². The van der Waals surface area contributed by atoms with Crippen LogP contribution in [0.3, 0.4) is 0 Å². The summed E-state index contributed by atoms with van der Waals surface area (Å²) in [6.07, 6.45) is 0.260. The van der Waals surface area contributed by atoms with Gasteiger partial charge >= 0.3 is 6.03 Å². The number of nitrogens with one attached hydrogen (secondary N) is 1. The molecule has 3 N–H and O–H groups in total. The van der Waals surface area contributed by atoms with E-state index < -0.39 is 6.03 Å². The molecule has 2 heterocycles. The second-order valence-corrected chi connectivity index (χ2v) is 4.44. The zero-order chi connectivity index (χ0) is 13.6. The molecule has 7 heteroatoms. The first kappa shape index (κ1) is 11.5. The maximum Gasteiger partial charge on any atom is 0.329 e. The second-order valence-electron chi connectivity index (χ2n) is 4.44. The molecule has 19 heavy (non-hydrogen) atoms. The van der Waals surface area contributed by atoms with Crippen LogP contribution in [0.25, 0.3) is 10.9 Å². The molecular weight excluding hydrogens is 246 g/mol. The number of nitrogens with two attached hydrogens (primary N) is 1. The molecule has 0 spiro atoms. The number of aryl methyl sites for hydroxylation is 1. The fourth-order valence-corrected chi connectivity index (χ4v) is 2.27. The van der Waals surface area contributed by atoms with Crippen LogP contribution in [0.4, 0.5) is 16.3 Å². The summed E-state index contributed by atoms with van der Waals surface area (Å²) in [5.74, 6) is 0.218. The van der Waals surface area contributed by atoms with Gasteiger partial charge in [0.1, 0.15) is 0 Å². The lowest BCUT2D eigenvalue weighted by Crippen LogP contribution is -2.49. The number of fused-ring (bicyclic) bond motifs is 1. The van der Waals surface area contributed by atoms with E-state index >= 15 is 0 Å². The van der Waals surface area contributed by atoms with Crippen LogP contribution < -0.4 is 16.0 Å². The number of benzene rings is 1. The highest BCUT2D eigenvalue weighted by atomic mass is 16.2. The van der Waals surface area contributed by atoms with Gasteiger partial charge < -0.3 is 5.73 Å². The van der Waals surface area contributed by atoms with Gasteiger partial charge in [0.2, 0.25) is 5.91 Å². The van der Waals surface area contributed by atoms with E-state index in [-0.39, 0.29) is 12.3 Å². The minimum atomic E-state index is -0.459. The summed E-state index contributed by atoms with van der Waals surface area (Å²) < 4.78 is 1.67. The van der Waals surface area contributed by atoms with Crippen LogP contribution in [-0.4, -0.2) is 28.3 Å². The van der Waals surface area contributed by atoms with Crippen molar-refractivity contribution in [2.45, 2.75) is 6.42 Å². The Morgan fingerprint density at radius 2 is 2.16 bits per heavy atom. The third-order valence-corrected chi connectivity index (χ3v) is 3.20. The number of rotatable bonds is 1. The first-order chi connectivity index (χ1) is 9.08. The number of anilines is 2. The number of nitrogens with zero attached hydrogens (tertiary/aromatic N) is 3. The van der Waals surface area contributed by atoms with Crippen molar-refractivity contribution < 1.29 is 9.59 Å². The lowest BCUT2D eigenvalue weighted by atomic mass is 10.2. The topological polar surface area (TPSA) is 93.2 Å². The average Bonchev–Trinajstić information content (AvgIpc) is 2.68. The van der Waals surface area contributed by atoms with Crippen molar-refractivity contribution in [1.82, 2.24) is 15.1 Å². The third kappa shape index (κ3) is 1.70. The van der Waals surface area contributed by atoms with Crippen molar-refractivity contribution in [2.75, 3.05) is 17.2 Å². The predicted octanol–water partition coefficient (Wildman–Crippen LogP) is 0.602. The molecule has 1 aliphatic heterocycles. The number of imide groups is 1. The Balaban J connectivity index is 2.15. The molecule has 1 aliphatic rings. The molecule has 3 amide bonds. The normalized spacial score (nSPS) is 15.9. The van der Waals surface area contributed by atoms with E-state index in [2.05, 4.69) is 10.4 Å². The lowest BCUT2D eigenvalue weighted by molar-refractivity contribution is -0.120. The summed E-state index contributed by atoms with van der Waals surface area (Å²) >= 11 is 0. The summed E-state index contributed by atoms with van der Waals surface area (Å²) in [7, 11) is 1.79. The monoisotopic (exact) mass is 259 g/mol. The highest BCUT2D eigenvalue weighted by molar-refractivity contribution is 6.11. The highest BCUT2D eigenvalue weighted by Crippen LogP contribution is 2.31. The Hall–Kier alpha value is -2.57. The molecule has 98 valence electrons. The Labute approximate surface area is 109 Å². The van der Waals surface area contributed by atoms with Crippen LogP contribution in [0.5, 0.6) is 0 Å². The van der Waals surface area contributed by atoms with Crippen molar-refractivity contribution in [3.05, 3.63) is 18.2 Å². The maximum atomic E-state index is 11.9. The Morgan fingerprint density at radius 1 is 1.37 bits per heavy atom. The minimum Gasteiger partial charge on any atom is -0.398 e. The van der Waals surface area contributed by atoms with Crippen molar-refractivity contribution in [2.24, 2.45) is 7.05 Å². The molecule has 1 aromatic heterocycles. The third-order valence-electron chi connectivity index (χ3n) is 3.20. The van der Waals surface area contributed by atoms with E-state index in [9.17, 15) is 9.59 Å². The van der Waals surface area contributed by atoms with Crippen LogP contribution in [0.1, 0.15) is 6.42 Å². The molecule has 3 rings (SSSR count). The smallest absolute Gasteiger partial charge is 0.329 e. The summed E-state index contributed by atoms with van der Waals surface area (Å²) in [4.78, 5) is 24.5. The predicted molar refractivity (Wildman–Crippen MR) is 70.6 cm³/mol. The molecule has 0 radical (unpaired) electrons. The van der Waals surface area contributed by atoms with Gasteiger partial charge in [-0.2, -0.15) is 5.10 Å². The van der Waals surface area contributed by atoms with Crippen LogP contribution in [0.15, 0.2) is 18.2 Å². The Morgan fingerprint density at radius 3 is 2.89 bits per heavy atom. The first-order valence-corrected chi connectivity index (χ1v) is 5.90. The molecule has 1 fully saturated rings. The van der Waals surface area contributed by atoms with E-state index in [0.717, 1.165) is 10.9 Å². The van der Waals surface area contributed by atoms with Gasteiger partial charge in [0.25, 0.3) is 0 Å². The number of aromatic nitrogens is 2. The minimum absolute atomic E-state index is 0.260. The van der Waals surface area contributed by atoms with Gasteiger partial charge in [-0.25, -0.2) is 4.79 Å². The maximum absolute atomic E-state index is 11.9. The van der Waals surface area contributed by atoms with Gasteiger partial charge in [-0.1, -0.05) is 6.07 Å². The van der Waals surface area contributed by atoms with Gasteiger partial charge in [-0.05, 0) is 12.1 Å². The molecule has 0 saturated carbocycles. The summed E-state index contributed by atoms with van der Waals surface area (Å²) in [6.45, 7) is 0.311. The fraction of sp³-hybridized carbons (Fsp3) is 0.250. The fourth-order valence-electron chi connectivity index (χ4n) is 2.27. The van der Waals surface area contributed by atoms with Gasteiger partial charge in [0.15, 0.2) is 5.82 Å². The van der Waals surface area contributed by atoms with E-state index in [0.29, 0.717) is 18.1 Å². The first-order valence-electron chi connectivity index (χ1n) is 5.90. The summed E-state index contributed by atoms with van der Waals surface area (Å²) in [5.41, 5.74) is 7.38. The molecule has 1 aromatic carbocycles. The molecule has 0 atom stereocenters. The Kier molecular flexibility index (Phi) is 2.41. The summed E-state index contributed by atoms with van der Waals surface area (Å²) in [6, 6.07) is 5.03. The van der Waals surface area contributed by atoms with E-state index in [1.165, 1.54) is 4.90 Å². The van der Waals surface area contributed by atoms with E-state index in [1.54, 1.807) is 17.8 Å². The second kappa shape index (κ2) is 3.98. The van der Waals surface area contributed by atoms with Crippen molar-refractivity contribution in [1.29, 1.82) is 0 Å². The number of amides is 3. The molecule has 0 aliphatic carbocycles. The van der Waals surface area contributed by atoms with Crippen LogP contribution in [0.2, 0.25) is 0 Å². The van der Waals surface area contributed by atoms with Gasteiger partial charge in [-0.3, -0.25) is 19.7 Å². The quantitative estimate of drug-likeness (QED) is 0.733. The standard InChI is InChI=1S/C12H13N5O2/c1-16-8-4-2-3-7(13)10(8)11(15-16)17-6-5-9(18)14-12(17)19/h2-4H,5-6,13H2,1H3,(H,14,18,19). The zero-order valence-electron chi connectivity index (χ0n) is 10.4. The van der Waals surface area contributed by atoms with Crippen LogP contribution in [0, 0.1) is 0 Å². The molecule has 0 bridgehead atoms. The lowest BCUT2D eigenvalue weighted by Gasteiger charge is -2.24. The zero-order valence-corrected chi connectivity index (χ0v) is 10.4. The number of urea groups is 1. The molecule has 1 saturated heterocycles. The number of carbonyl (C=O) groups excluding carboxylic acids is 2. The van der Waals surface area contributed by atoms with Gasteiger partial charge in [-0.15, -0.1) is 0 Å². The van der Waals surface area contributed by atoms with Crippen molar-refractivity contribution >= 4 is 34.3 Å². The average molecular weight is 259 g/mol. The largest absolute Gasteiger partial charge is 0.398 e. The molecule has 7 nitrogen and oxygen atoms in total. The van der Waals surface area contributed by atoms with Crippen LogP contribution >= 0.6 is 0 Å². The van der Waals surface area contributed by atoms with Gasteiger partial charge in [0.05, 0.1) is 10.9 Å². The molecule has 0 unspecified atom stereocenters. The number of carbonyl (C=O) groups is 2. The molecule has 2 aromatic rings. The van der Waals surface area contributed by atoms with Crippen molar-refractivity contribution in [3.8, 4) is 0 Å². The van der Waals surface area contributed by atoms with Crippen LogP contribution in [-0.2, 0) is 11.8 Å². The highest BCUT2D eigenvalue weighted by Gasteiger charge is 2.28.